The average Bonchev–Trinajstić information content (AvgIpc) is 2.59. The van der Waals surface area contributed by atoms with Crippen LogP contribution in [0.25, 0.3) is 0 Å². The minimum absolute atomic E-state index is 0.224. The molecule has 1 aliphatic heterocycles. The van der Waals surface area contributed by atoms with Crippen molar-refractivity contribution in [2.45, 2.75) is 25.8 Å². The minimum Gasteiger partial charge on any atom is -0.469 e. The quantitative estimate of drug-likeness (QED) is 0.702. The van der Waals surface area contributed by atoms with Gasteiger partial charge in [0.2, 0.25) is 15.9 Å². The van der Waals surface area contributed by atoms with Crippen LogP contribution in [0.3, 0.4) is 0 Å². The van der Waals surface area contributed by atoms with E-state index < -0.39 is 16.1 Å². The van der Waals surface area contributed by atoms with Crippen LogP contribution in [-0.4, -0.2) is 57.7 Å². The number of rotatable bonds is 5. The summed E-state index contributed by atoms with van der Waals surface area (Å²) in [6, 6.07) is 5.46. The molecule has 1 saturated heterocycles. The van der Waals surface area contributed by atoms with Crippen molar-refractivity contribution in [3.8, 4) is 0 Å². The van der Waals surface area contributed by atoms with Crippen LogP contribution in [0.5, 0.6) is 0 Å². The Bertz CT molecular complexity index is 775. The van der Waals surface area contributed by atoms with Gasteiger partial charge >= 0.3 is 5.97 Å². The van der Waals surface area contributed by atoms with E-state index in [1.807, 2.05) is 0 Å². The van der Waals surface area contributed by atoms with Crippen LogP contribution in [0.2, 0.25) is 5.02 Å². The number of benzene rings is 1. The number of ether oxygens (including phenoxy) is 1. The normalized spacial score (nSPS) is 16.8. The summed E-state index contributed by atoms with van der Waals surface area (Å²) in [5, 5.41) is 0.384. The van der Waals surface area contributed by atoms with Gasteiger partial charge in [0.25, 0.3) is 0 Å². The number of hydrogen-bond donors (Lipinski definition) is 0. The molecule has 0 radical (unpaired) electrons. The largest absolute Gasteiger partial charge is 0.469 e. The van der Waals surface area contributed by atoms with E-state index >= 15 is 0 Å². The topological polar surface area (TPSA) is 84.0 Å². The molecule has 7 nitrogen and oxygen atoms in total. The zero-order chi connectivity index (χ0) is 19.5. The van der Waals surface area contributed by atoms with Gasteiger partial charge in [0.15, 0.2) is 0 Å². The molecule has 1 aromatic carbocycles. The van der Waals surface area contributed by atoms with Crippen molar-refractivity contribution in [3.05, 3.63) is 29.3 Å². The van der Waals surface area contributed by atoms with Crippen molar-refractivity contribution in [2.75, 3.05) is 30.8 Å². The lowest BCUT2D eigenvalue weighted by Gasteiger charge is -2.36. The number of anilines is 1. The second-order valence-electron chi connectivity index (χ2n) is 6.34. The number of carbonyl (C=O) groups excluding carboxylic acids is 2. The zero-order valence-electron chi connectivity index (χ0n) is 15.0. The van der Waals surface area contributed by atoms with E-state index in [1.54, 1.807) is 30.0 Å². The molecule has 1 heterocycles. The molecule has 0 aliphatic carbocycles. The Morgan fingerprint density at radius 1 is 1.31 bits per heavy atom. The number of likely N-dealkylation sites (tertiary alicyclic amines) is 1. The number of sulfonamides is 1. The predicted octanol–water partition coefficient (Wildman–Crippen LogP) is 1.91. The van der Waals surface area contributed by atoms with Crippen LogP contribution in [-0.2, 0) is 24.3 Å². The van der Waals surface area contributed by atoms with Gasteiger partial charge in [-0.25, -0.2) is 8.42 Å². The van der Waals surface area contributed by atoms with Crippen LogP contribution in [0.4, 0.5) is 5.69 Å². The Balaban J connectivity index is 2.18. The molecule has 0 aromatic heterocycles. The van der Waals surface area contributed by atoms with Gasteiger partial charge in [0.05, 0.1) is 25.0 Å². The molecule has 2 rings (SSSR count). The van der Waals surface area contributed by atoms with E-state index in [0.29, 0.717) is 36.6 Å². The highest BCUT2D eigenvalue weighted by Gasteiger charge is 2.35. The van der Waals surface area contributed by atoms with E-state index in [1.165, 1.54) is 13.2 Å². The molecule has 1 atom stereocenters. The van der Waals surface area contributed by atoms with Crippen molar-refractivity contribution in [3.63, 3.8) is 0 Å². The second kappa shape index (κ2) is 8.26. The highest BCUT2D eigenvalue weighted by molar-refractivity contribution is 7.92. The summed E-state index contributed by atoms with van der Waals surface area (Å²) >= 11 is 5.97. The summed E-state index contributed by atoms with van der Waals surface area (Å²) < 4.78 is 30.4. The molecule has 1 aromatic rings. The van der Waals surface area contributed by atoms with E-state index in [9.17, 15) is 18.0 Å². The fourth-order valence-corrected chi connectivity index (χ4v) is 4.53. The first-order valence-corrected chi connectivity index (χ1v) is 10.5. The molecule has 1 unspecified atom stereocenters. The van der Waals surface area contributed by atoms with Crippen LogP contribution < -0.4 is 4.31 Å². The van der Waals surface area contributed by atoms with E-state index in [4.69, 9.17) is 16.3 Å². The molecule has 26 heavy (non-hydrogen) atoms. The minimum atomic E-state index is -3.69. The lowest BCUT2D eigenvalue weighted by Crippen LogP contribution is -2.51. The molecule has 1 aliphatic rings. The number of methoxy groups -OCH3 is 1. The monoisotopic (exact) mass is 402 g/mol. The first-order chi connectivity index (χ1) is 12.1. The third kappa shape index (κ3) is 4.67. The molecule has 9 heteroatoms. The highest BCUT2D eigenvalue weighted by Crippen LogP contribution is 2.26. The Morgan fingerprint density at radius 3 is 2.42 bits per heavy atom. The molecule has 0 bridgehead atoms. The number of amides is 1. The molecule has 0 spiro atoms. The van der Waals surface area contributed by atoms with Gasteiger partial charge in [0.1, 0.15) is 6.04 Å². The van der Waals surface area contributed by atoms with Crippen molar-refractivity contribution in [2.24, 2.45) is 5.92 Å². The average molecular weight is 403 g/mol. The molecule has 144 valence electrons. The molecular weight excluding hydrogens is 380 g/mol. The Labute approximate surface area is 158 Å². The summed E-state index contributed by atoms with van der Waals surface area (Å²) in [5.41, 5.74) is 0.338. The highest BCUT2D eigenvalue weighted by atomic mass is 35.5. The summed E-state index contributed by atoms with van der Waals surface area (Å²) in [4.78, 5) is 26.1. The fraction of sp³-hybridized carbons (Fsp3) is 0.529. The van der Waals surface area contributed by atoms with Crippen LogP contribution in [0, 0.1) is 5.92 Å². The zero-order valence-corrected chi connectivity index (χ0v) is 16.6. The number of carbonyl (C=O) groups is 2. The predicted molar refractivity (Wildman–Crippen MR) is 99.6 cm³/mol. The Hall–Kier alpha value is -1.80. The molecular formula is C17H23ClN2O5S. The number of piperidine rings is 1. The van der Waals surface area contributed by atoms with Gasteiger partial charge in [-0.3, -0.25) is 13.9 Å². The number of esters is 1. The van der Waals surface area contributed by atoms with Crippen molar-refractivity contribution >= 4 is 39.2 Å². The lowest BCUT2D eigenvalue weighted by atomic mass is 9.96. The summed E-state index contributed by atoms with van der Waals surface area (Å²) in [6.07, 6.45) is 2.06. The summed E-state index contributed by atoms with van der Waals surface area (Å²) in [7, 11) is -2.35. The van der Waals surface area contributed by atoms with Crippen molar-refractivity contribution in [1.82, 2.24) is 4.90 Å². The van der Waals surface area contributed by atoms with Gasteiger partial charge in [0, 0.05) is 18.1 Å². The first-order valence-electron chi connectivity index (χ1n) is 8.26. The van der Waals surface area contributed by atoms with E-state index in [-0.39, 0.29) is 17.8 Å². The van der Waals surface area contributed by atoms with Gasteiger partial charge < -0.3 is 9.64 Å². The maximum Gasteiger partial charge on any atom is 0.308 e. The fourth-order valence-electron chi connectivity index (χ4n) is 3.18. The Kier molecular flexibility index (Phi) is 6.52. The van der Waals surface area contributed by atoms with Crippen LogP contribution in [0.1, 0.15) is 19.8 Å². The van der Waals surface area contributed by atoms with Gasteiger partial charge in [-0.1, -0.05) is 17.7 Å². The van der Waals surface area contributed by atoms with Gasteiger partial charge in [-0.05, 0) is 38.0 Å². The summed E-state index contributed by atoms with van der Waals surface area (Å²) in [6.45, 7) is 2.32. The smallest absolute Gasteiger partial charge is 0.308 e. The lowest BCUT2D eigenvalue weighted by molar-refractivity contribution is -0.149. The molecule has 1 fully saturated rings. The molecule has 0 N–H and O–H groups in total. The third-order valence-electron chi connectivity index (χ3n) is 4.47. The van der Waals surface area contributed by atoms with Crippen molar-refractivity contribution in [1.29, 1.82) is 0 Å². The third-order valence-corrected chi connectivity index (χ3v) is 5.95. The number of hydrogen-bond acceptors (Lipinski definition) is 5. The maximum absolute atomic E-state index is 12.9. The van der Waals surface area contributed by atoms with Gasteiger partial charge in [-0.2, -0.15) is 0 Å². The second-order valence-corrected chi connectivity index (χ2v) is 8.63. The molecule has 1 amide bonds. The van der Waals surface area contributed by atoms with Crippen LogP contribution >= 0.6 is 11.6 Å². The van der Waals surface area contributed by atoms with E-state index in [0.717, 1.165) is 10.6 Å². The Morgan fingerprint density at radius 2 is 1.92 bits per heavy atom. The van der Waals surface area contributed by atoms with Gasteiger partial charge in [-0.15, -0.1) is 0 Å². The van der Waals surface area contributed by atoms with Crippen LogP contribution in [0.15, 0.2) is 24.3 Å². The first kappa shape index (κ1) is 20.5. The number of halogens is 1. The maximum atomic E-state index is 12.9. The number of nitrogens with zero attached hydrogens (tertiary/aromatic N) is 2. The standard InChI is InChI=1S/C17H23ClN2O5S/c1-12(16(21)19-9-7-13(8-10-19)17(22)25-2)20(26(3,23)24)15-6-4-5-14(18)11-15/h4-6,11-13H,7-10H2,1-3H3. The summed E-state index contributed by atoms with van der Waals surface area (Å²) in [5.74, 6) is -0.807. The van der Waals surface area contributed by atoms with Crippen molar-refractivity contribution < 1.29 is 22.7 Å². The molecule has 0 saturated carbocycles. The van der Waals surface area contributed by atoms with E-state index in [2.05, 4.69) is 0 Å². The SMILES string of the molecule is COC(=O)C1CCN(C(=O)C(C)N(c2cccc(Cl)c2)S(C)(=O)=O)CC1.